The number of aromatic nitrogens is 1. The lowest BCUT2D eigenvalue weighted by molar-refractivity contribution is -0.119. The van der Waals surface area contributed by atoms with Crippen molar-refractivity contribution in [2.75, 3.05) is 16.2 Å². The van der Waals surface area contributed by atoms with Gasteiger partial charge in [-0.15, -0.1) is 0 Å². The Labute approximate surface area is 135 Å². The fourth-order valence-corrected chi connectivity index (χ4v) is 3.55. The lowest BCUT2D eigenvalue weighted by Crippen LogP contribution is -2.35. The molecule has 1 amide bonds. The lowest BCUT2D eigenvalue weighted by atomic mass is 10.1. The molecule has 1 N–H and O–H groups in total. The SMILES string of the molecule is O=C1CCCCN1c1cccc(NS(=O)(=O)c2cccnc2)c1. The molecule has 0 bridgehead atoms. The first-order valence-electron chi connectivity index (χ1n) is 7.39. The quantitative estimate of drug-likeness (QED) is 0.933. The Morgan fingerprint density at radius 2 is 2.00 bits per heavy atom. The molecule has 1 saturated heterocycles. The molecule has 1 aliphatic rings. The number of carbonyl (C=O) groups is 1. The number of benzene rings is 1. The van der Waals surface area contributed by atoms with E-state index in [2.05, 4.69) is 9.71 Å². The van der Waals surface area contributed by atoms with Crippen LogP contribution >= 0.6 is 0 Å². The predicted molar refractivity (Wildman–Crippen MR) is 87.7 cm³/mol. The van der Waals surface area contributed by atoms with E-state index in [1.807, 2.05) is 6.07 Å². The number of hydrogen-bond acceptors (Lipinski definition) is 4. The van der Waals surface area contributed by atoms with Crippen molar-refractivity contribution >= 4 is 27.3 Å². The van der Waals surface area contributed by atoms with Crippen LogP contribution in [0, 0.1) is 0 Å². The third-order valence-electron chi connectivity index (χ3n) is 3.68. The van der Waals surface area contributed by atoms with Gasteiger partial charge in [0.1, 0.15) is 4.90 Å². The number of hydrogen-bond donors (Lipinski definition) is 1. The fraction of sp³-hybridized carbons (Fsp3) is 0.250. The minimum Gasteiger partial charge on any atom is -0.312 e. The van der Waals surface area contributed by atoms with Crippen molar-refractivity contribution < 1.29 is 13.2 Å². The maximum atomic E-state index is 12.3. The number of nitrogens with zero attached hydrogens (tertiary/aromatic N) is 2. The second-order valence-corrected chi connectivity index (χ2v) is 7.03. The van der Waals surface area contributed by atoms with Crippen molar-refractivity contribution in [3.63, 3.8) is 0 Å². The number of carbonyl (C=O) groups excluding carboxylic acids is 1. The second-order valence-electron chi connectivity index (χ2n) is 5.35. The van der Waals surface area contributed by atoms with Crippen LogP contribution in [0.2, 0.25) is 0 Å². The summed E-state index contributed by atoms with van der Waals surface area (Å²) < 4.78 is 27.2. The van der Waals surface area contributed by atoms with Crippen LogP contribution in [0.4, 0.5) is 11.4 Å². The minimum absolute atomic E-state index is 0.0727. The molecule has 1 aromatic carbocycles. The average Bonchev–Trinajstić information content (AvgIpc) is 2.56. The second kappa shape index (κ2) is 6.37. The van der Waals surface area contributed by atoms with Crippen molar-refractivity contribution in [3.8, 4) is 0 Å². The predicted octanol–water partition coefficient (Wildman–Crippen LogP) is 2.40. The molecule has 6 nitrogen and oxygen atoms in total. The minimum atomic E-state index is -3.69. The maximum absolute atomic E-state index is 12.3. The number of pyridine rings is 1. The Morgan fingerprint density at radius 3 is 2.74 bits per heavy atom. The normalized spacial score (nSPS) is 15.5. The number of piperidine rings is 1. The molecule has 0 aliphatic carbocycles. The van der Waals surface area contributed by atoms with Crippen molar-refractivity contribution in [2.45, 2.75) is 24.2 Å². The van der Waals surface area contributed by atoms with Crippen molar-refractivity contribution in [2.24, 2.45) is 0 Å². The van der Waals surface area contributed by atoms with Gasteiger partial charge in [-0.2, -0.15) is 0 Å². The van der Waals surface area contributed by atoms with Gasteiger partial charge in [0.05, 0.1) is 5.69 Å². The molecule has 0 unspecified atom stereocenters. The standard InChI is InChI=1S/C16H17N3O3S/c20-16-8-1-2-10-19(16)14-6-3-5-13(11-14)18-23(21,22)15-7-4-9-17-12-15/h3-7,9,11-12,18H,1-2,8,10H2. The van der Waals surface area contributed by atoms with Crippen molar-refractivity contribution in [1.29, 1.82) is 0 Å². The Balaban J connectivity index is 1.84. The van der Waals surface area contributed by atoms with E-state index >= 15 is 0 Å². The first-order chi connectivity index (χ1) is 11.1. The number of amides is 1. The highest BCUT2D eigenvalue weighted by molar-refractivity contribution is 7.92. The summed E-state index contributed by atoms with van der Waals surface area (Å²) in [6.45, 7) is 0.664. The van der Waals surface area contributed by atoms with Crippen molar-refractivity contribution in [3.05, 3.63) is 48.8 Å². The van der Waals surface area contributed by atoms with E-state index < -0.39 is 10.0 Å². The highest BCUT2D eigenvalue weighted by Crippen LogP contribution is 2.25. The van der Waals surface area contributed by atoms with Gasteiger partial charge in [-0.05, 0) is 43.2 Å². The first-order valence-corrected chi connectivity index (χ1v) is 8.88. The van der Waals surface area contributed by atoms with Gasteiger partial charge in [-0.1, -0.05) is 6.07 Å². The molecule has 0 saturated carbocycles. The zero-order valence-corrected chi connectivity index (χ0v) is 13.3. The summed E-state index contributed by atoms with van der Waals surface area (Å²) in [6.07, 6.45) is 5.20. The zero-order chi connectivity index (χ0) is 16.3. The molecule has 23 heavy (non-hydrogen) atoms. The summed E-state index contributed by atoms with van der Waals surface area (Å²) in [5.41, 5.74) is 1.13. The van der Waals surface area contributed by atoms with Gasteiger partial charge in [0, 0.05) is 31.0 Å². The number of rotatable bonds is 4. The monoisotopic (exact) mass is 331 g/mol. The van der Waals surface area contributed by atoms with Crippen LogP contribution in [-0.2, 0) is 14.8 Å². The topological polar surface area (TPSA) is 79.4 Å². The number of nitrogens with one attached hydrogen (secondary N) is 1. The molecule has 1 aromatic heterocycles. The summed E-state index contributed by atoms with van der Waals surface area (Å²) >= 11 is 0. The molecule has 0 spiro atoms. The molecule has 2 aromatic rings. The fourth-order valence-electron chi connectivity index (χ4n) is 2.54. The van der Waals surface area contributed by atoms with E-state index in [0.29, 0.717) is 24.3 Å². The van der Waals surface area contributed by atoms with Gasteiger partial charge in [0.2, 0.25) is 5.91 Å². The Morgan fingerprint density at radius 1 is 1.13 bits per heavy atom. The highest BCUT2D eigenvalue weighted by atomic mass is 32.2. The third kappa shape index (κ3) is 3.50. The summed E-state index contributed by atoms with van der Waals surface area (Å²) in [6, 6.07) is 9.93. The van der Waals surface area contributed by atoms with Crippen LogP contribution < -0.4 is 9.62 Å². The van der Waals surface area contributed by atoms with Gasteiger partial charge in [0.25, 0.3) is 10.0 Å². The van der Waals surface area contributed by atoms with E-state index in [9.17, 15) is 13.2 Å². The van der Waals surface area contributed by atoms with Crippen LogP contribution in [-0.4, -0.2) is 25.9 Å². The molecule has 0 atom stereocenters. The van der Waals surface area contributed by atoms with E-state index in [1.165, 1.54) is 18.5 Å². The maximum Gasteiger partial charge on any atom is 0.263 e. The lowest BCUT2D eigenvalue weighted by Gasteiger charge is -2.27. The van der Waals surface area contributed by atoms with Crippen LogP contribution in [0.1, 0.15) is 19.3 Å². The van der Waals surface area contributed by atoms with Gasteiger partial charge in [-0.25, -0.2) is 8.42 Å². The van der Waals surface area contributed by atoms with Crippen LogP contribution in [0.3, 0.4) is 0 Å². The van der Waals surface area contributed by atoms with E-state index in [1.54, 1.807) is 29.2 Å². The summed E-state index contributed by atoms with van der Waals surface area (Å²) in [5, 5.41) is 0. The molecule has 3 rings (SSSR count). The summed E-state index contributed by atoms with van der Waals surface area (Å²) in [4.78, 5) is 17.6. The molecule has 1 aliphatic heterocycles. The van der Waals surface area contributed by atoms with E-state index in [4.69, 9.17) is 0 Å². The molecule has 120 valence electrons. The molecular weight excluding hydrogens is 314 g/mol. The molecular formula is C16H17N3O3S. The van der Waals surface area contributed by atoms with Gasteiger partial charge in [0.15, 0.2) is 0 Å². The Hall–Kier alpha value is -2.41. The first kappa shape index (κ1) is 15.5. The Kier molecular flexibility index (Phi) is 4.29. The van der Waals surface area contributed by atoms with Gasteiger partial charge in [-0.3, -0.25) is 14.5 Å². The zero-order valence-electron chi connectivity index (χ0n) is 12.5. The van der Waals surface area contributed by atoms with E-state index in [0.717, 1.165) is 12.8 Å². The largest absolute Gasteiger partial charge is 0.312 e. The Bertz CT molecular complexity index is 806. The van der Waals surface area contributed by atoms with Crippen LogP contribution in [0.5, 0.6) is 0 Å². The number of anilines is 2. The van der Waals surface area contributed by atoms with Crippen LogP contribution in [0.15, 0.2) is 53.7 Å². The van der Waals surface area contributed by atoms with Gasteiger partial charge >= 0.3 is 0 Å². The third-order valence-corrected chi connectivity index (χ3v) is 5.04. The van der Waals surface area contributed by atoms with Crippen molar-refractivity contribution in [1.82, 2.24) is 4.98 Å². The molecule has 1 fully saturated rings. The summed E-state index contributed by atoms with van der Waals surface area (Å²) in [5.74, 6) is 0.0727. The number of sulfonamides is 1. The molecule has 0 radical (unpaired) electrons. The van der Waals surface area contributed by atoms with Crippen LogP contribution in [0.25, 0.3) is 0 Å². The summed E-state index contributed by atoms with van der Waals surface area (Å²) in [7, 11) is -3.69. The average molecular weight is 331 g/mol. The highest BCUT2D eigenvalue weighted by Gasteiger charge is 2.20. The molecule has 7 heteroatoms. The van der Waals surface area contributed by atoms with Gasteiger partial charge < -0.3 is 4.90 Å². The molecule has 2 heterocycles. The van der Waals surface area contributed by atoms with E-state index in [-0.39, 0.29) is 10.8 Å². The smallest absolute Gasteiger partial charge is 0.263 e.